The number of imide groups is 1. The van der Waals surface area contributed by atoms with E-state index in [4.69, 9.17) is 8.84 Å². The SMILES string of the molecule is CN1C(=O)[C@@H]2[C@@H](CC(CO[Si](c3ccccc3)(c3ccccc3)C(C)(C)C)=C([C@H](O)CC/C(=C/c3ccc(CO)o3)c3ccccc3)[C@@H]2CO)C1=O. The second kappa shape index (κ2) is 15.7. The van der Waals surface area contributed by atoms with Crippen molar-refractivity contribution < 1.29 is 33.8 Å². The Morgan fingerprint density at radius 1 is 0.904 bits per heavy atom. The average Bonchev–Trinajstić information content (AvgIpc) is 3.71. The minimum Gasteiger partial charge on any atom is -0.459 e. The van der Waals surface area contributed by atoms with Crippen molar-refractivity contribution in [2.75, 3.05) is 20.3 Å². The molecule has 2 amide bonds. The van der Waals surface area contributed by atoms with Crippen molar-refractivity contribution in [1.82, 2.24) is 4.90 Å². The van der Waals surface area contributed by atoms with Crippen LogP contribution < -0.4 is 10.4 Å². The second-order valence-electron chi connectivity index (χ2n) is 14.9. The van der Waals surface area contributed by atoms with Crippen molar-refractivity contribution in [3.05, 3.63) is 131 Å². The molecule has 1 aliphatic carbocycles. The van der Waals surface area contributed by atoms with E-state index in [0.717, 1.165) is 27.1 Å². The van der Waals surface area contributed by atoms with E-state index in [9.17, 15) is 24.9 Å². The molecule has 0 saturated carbocycles. The van der Waals surface area contributed by atoms with E-state index in [1.54, 1.807) is 12.1 Å². The zero-order valence-electron chi connectivity index (χ0n) is 30.4. The van der Waals surface area contributed by atoms with Crippen LogP contribution in [0, 0.1) is 17.8 Å². The monoisotopic (exact) mass is 719 g/mol. The first-order valence-corrected chi connectivity index (χ1v) is 19.9. The van der Waals surface area contributed by atoms with Gasteiger partial charge in [0.15, 0.2) is 0 Å². The summed E-state index contributed by atoms with van der Waals surface area (Å²) in [7, 11) is -1.51. The number of allylic oxidation sites excluding steroid dienone is 1. The quantitative estimate of drug-likeness (QED) is 0.0940. The Hall–Kier alpha value is -4.38. The lowest BCUT2D eigenvalue weighted by atomic mass is 9.68. The highest BCUT2D eigenvalue weighted by Gasteiger charge is 2.55. The van der Waals surface area contributed by atoms with Crippen LogP contribution in [0.3, 0.4) is 0 Å². The summed E-state index contributed by atoms with van der Waals surface area (Å²) in [6.07, 6.45) is 1.89. The fourth-order valence-corrected chi connectivity index (χ4v) is 12.9. The van der Waals surface area contributed by atoms with Gasteiger partial charge in [0, 0.05) is 13.0 Å². The molecule has 0 bridgehead atoms. The van der Waals surface area contributed by atoms with E-state index < -0.39 is 32.2 Å². The molecule has 9 heteroatoms. The number of aliphatic hydroxyl groups excluding tert-OH is 3. The molecule has 2 aliphatic rings. The predicted octanol–water partition coefficient (Wildman–Crippen LogP) is 5.57. The number of aliphatic hydroxyl groups is 3. The Balaban J connectivity index is 1.41. The Bertz CT molecular complexity index is 1870. The van der Waals surface area contributed by atoms with Gasteiger partial charge in [-0.25, -0.2) is 0 Å². The third-order valence-electron chi connectivity index (χ3n) is 10.8. The van der Waals surface area contributed by atoms with Crippen molar-refractivity contribution in [2.24, 2.45) is 17.8 Å². The van der Waals surface area contributed by atoms with Gasteiger partial charge in [-0.3, -0.25) is 14.5 Å². The van der Waals surface area contributed by atoms with Crippen LogP contribution in [0.2, 0.25) is 5.04 Å². The van der Waals surface area contributed by atoms with E-state index in [1.807, 2.05) is 72.8 Å². The van der Waals surface area contributed by atoms with Crippen molar-refractivity contribution in [3.63, 3.8) is 0 Å². The zero-order valence-corrected chi connectivity index (χ0v) is 31.4. The summed E-state index contributed by atoms with van der Waals surface area (Å²) < 4.78 is 13.1. The largest absolute Gasteiger partial charge is 0.459 e. The van der Waals surface area contributed by atoms with E-state index >= 15 is 0 Å². The molecular formula is C43H49NO7Si. The summed E-state index contributed by atoms with van der Waals surface area (Å²) in [5.74, 6) is -1.68. The molecule has 1 aromatic heterocycles. The predicted molar refractivity (Wildman–Crippen MR) is 205 cm³/mol. The fraction of sp³-hybridized carbons (Fsp3) is 0.349. The van der Waals surface area contributed by atoms with E-state index in [0.29, 0.717) is 23.5 Å². The Kier molecular flexibility index (Phi) is 11.3. The Morgan fingerprint density at radius 2 is 1.50 bits per heavy atom. The molecular weight excluding hydrogens is 671 g/mol. The van der Waals surface area contributed by atoms with E-state index in [-0.39, 0.29) is 49.5 Å². The van der Waals surface area contributed by atoms with Crippen LogP contribution in [0.15, 0.2) is 119 Å². The minimum absolute atomic E-state index is 0.141. The van der Waals surface area contributed by atoms with Gasteiger partial charge in [-0.2, -0.15) is 0 Å². The van der Waals surface area contributed by atoms with Crippen LogP contribution >= 0.6 is 0 Å². The van der Waals surface area contributed by atoms with Gasteiger partial charge in [-0.1, -0.05) is 112 Å². The number of furan rings is 1. The van der Waals surface area contributed by atoms with Gasteiger partial charge in [-0.15, -0.1) is 0 Å². The third-order valence-corrected chi connectivity index (χ3v) is 15.8. The molecule has 6 rings (SSSR count). The van der Waals surface area contributed by atoms with Crippen molar-refractivity contribution in [1.29, 1.82) is 0 Å². The van der Waals surface area contributed by atoms with Crippen molar-refractivity contribution in [3.8, 4) is 0 Å². The number of hydrogen-bond acceptors (Lipinski definition) is 7. The van der Waals surface area contributed by atoms with Gasteiger partial charge in [0.1, 0.15) is 18.1 Å². The third kappa shape index (κ3) is 7.16. The number of amides is 2. The van der Waals surface area contributed by atoms with Crippen LogP contribution in [0.25, 0.3) is 11.6 Å². The lowest BCUT2D eigenvalue weighted by Gasteiger charge is -2.44. The number of likely N-dealkylation sites (tertiary alicyclic amines) is 1. The highest BCUT2D eigenvalue weighted by Crippen LogP contribution is 2.47. The van der Waals surface area contributed by atoms with Gasteiger partial charge in [0.05, 0.1) is 31.2 Å². The molecule has 0 unspecified atom stereocenters. The zero-order chi connectivity index (χ0) is 37.0. The van der Waals surface area contributed by atoms with Crippen molar-refractivity contribution in [2.45, 2.75) is 57.8 Å². The standard InChI is InChI=1S/C43H49NO7Si/c1-43(2,3)52(34-16-10-6-11-17-34,35-18-12-7-13-19-35)50-28-31-25-36-40(42(49)44(4)41(36)48)37(27-46)39(31)38(47)23-20-30(29-14-8-5-9-15-29)24-32-21-22-33(26-45)51-32/h5-19,21-22,24,36-38,40,45-47H,20,23,25-28H2,1-4H3/b30-24-/t36-,37+,38-,40-/m1/s1. The maximum Gasteiger partial charge on any atom is 0.261 e. The van der Waals surface area contributed by atoms with Crippen LogP contribution in [-0.2, 0) is 20.6 Å². The molecule has 0 spiro atoms. The smallest absolute Gasteiger partial charge is 0.261 e. The van der Waals surface area contributed by atoms with Crippen LogP contribution in [0.5, 0.6) is 0 Å². The molecule has 2 heterocycles. The maximum atomic E-state index is 13.5. The maximum absolute atomic E-state index is 13.5. The van der Waals surface area contributed by atoms with E-state index in [1.165, 1.54) is 11.9 Å². The highest BCUT2D eigenvalue weighted by molar-refractivity contribution is 6.99. The number of hydrogen-bond donors (Lipinski definition) is 3. The van der Waals surface area contributed by atoms with Gasteiger partial charge in [0.2, 0.25) is 11.8 Å². The lowest BCUT2D eigenvalue weighted by molar-refractivity contribution is -0.138. The molecule has 272 valence electrons. The molecule has 3 N–H and O–H groups in total. The topological polar surface area (TPSA) is 120 Å². The summed E-state index contributed by atoms with van der Waals surface area (Å²) in [5, 5.41) is 34.6. The average molecular weight is 720 g/mol. The molecule has 1 aliphatic heterocycles. The summed E-state index contributed by atoms with van der Waals surface area (Å²) in [6.45, 7) is 6.14. The van der Waals surface area contributed by atoms with Crippen LogP contribution in [0.1, 0.15) is 57.1 Å². The van der Waals surface area contributed by atoms with Crippen LogP contribution in [0.4, 0.5) is 0 Å². The summed E-state index contributed by atoms with van der Waals surface area (Å²) in [4.78, 5) is 28.2. The van der Waals surface area contributed by atoms with Gasteiger partial charge < -0.3 is 24.2 Å². The first-order valence-electron chi connectivity index (χ1n) is 18.0. The molecule has 3 aromatic carbocycles. The Morgan fingerprint density at radius 3 is 2.04 bits per heavy atom. The summed E-state index contributed by atoms with van der Waals surface area (Å²) in [6, 6.07) is 34.0. The van der Waals surface area contributed by atoms with Gasteiger partial charge in [0.25, 0.3) is 8.32 Å². The molecule has 0 radical (unpaired) electrons. The Labute approximate surface area is 307 Å². The van der Waals surface area contributed by atoms with Gasteiger partial charge in [-0.05, 0) is 75.2 Å². The second-order valence-corrected chi connectivity index (χ2v) is 19.2. The number of rotatable bonds is 13. The number of carbonyl (C=O) groups excluding carboxylic acids is 2. The minimum atomic E-state index is -3.01. The molecule has 52 heavy (non-hydrogen) atoms. The van der Waals surface area contributed by atoms with Crippen molar-refractivity contribution >= 4 is 42.2 Å². The molecule has 4 atom stereocenters. The lowest BCUT2D eigenvalue weighted by Crippen LogP contribution is -2.66. The highest BCUT2D eigenvalue weighted by atomic mass is 28.4. The number of nitrogens with zero attached hydrogens (tertiary/aromatic N) is 1. The fourth-order valence-electron chi connectivity index (χ4n) is 8.33. The molecule has 1 saturated heterocycles. The number of carbonyl (C=O) groups is 2. The normalized spacial score (nSPS) is 20.4. The summed E-state index contributed by atoms with van der Waals surface area (Å²) >= 11 is 0. The first-order chi connectivity index (χ1) is 25.0. The van der Waals surface area contributed by atoms with E-state index in [2.05, 4.69) is 45.0 Å². The van der Waals surface area contributed by atoms with Crippen LogP contribution in [-0.4, -0.2) is 66.7 Å². The molecule has 4 aromatic rings. The molecule has 1 fully saturated rings. The van der Waals surface area contributed by atoms with Gasteiger partial charge >= 0.3 is 0 Å². The number of benzene rings is 3. The summed E-state index contributed by atoms with van der Waals surface area (Å²) in [5.41, 5.74) is 3.24. The number of fused-ring (bicyclic) bond motifs is 1. The molecule has 8 nitrogen and oxygen atoms in total. The first kappa shape index (κ1) is 37.4.